The van der Waals surface area contributed by atoms with Gasteiger partial charge in [-0.1, -0.05) is 93.2 Å². The van der Waals surface area contributed by atoms with Gasteiger partial charge in [-0.05, 0) is 11.0 Å². The molecule has 1 nitrogen and oxygen atoms in total. The molecule has 1 aliphatic heterocycles. The summed E-state index contributed by atoms with van der Waals surface area (Å²) in [5, 5.41) is 1.64. The van der Waals surface area contributed by atoms with Crippen LogP contribution in [-0.2, 0) is 0 Å². The van der Waals surface area contributed by atoms with E-state index in [4.69, 9.17) is 4.99 Å². The van der Waals surface area contributed by atoms with E-state index in [2.05, 4.69) is 81.4 Å². The summed E-state index contributed by atoms with van der Waals surface area (Å²) >= 11 is 1.92. The van der Waals surface area contributed by atoms with Gasteiger partial charge in [-0.3, -0.25) is 4.99 Å². The predicted molar refractivity (Wildman–Crippen MR) is 93.0 cm³/mol. The van der Waals surface area contributed by atoms with Crippen LogP contribution in [0.15, 0.2) is 65.7 Å². The highest BCUT2D eigenvalue weighted by Crippen LogP contribution is 2.47. The van der Waals surface area contributed by atoms with E-state index in [1.54, 1.807) is 0 Å². The second kappa shape index (κ2) is 5.69. The fourth-order valence-corrected chi connectivity index (χ4v) is 4.07. The maximum absolute atomic E-state index is 5.06. The number of nitrogens with zero attached hydrogens (tertiary/aromatic N) is 1. The summed E-state index contributed by atoms with van der Waals surface area (Å²) in [6, 6.07) is 21.4. The van der Waals surface area contributed by atoms with Crippen LogP contribution >= 0.6 is 11.8 Å². The summed E-state index contributed by atoms with van der Waals surface area (Å²) in [6.07, 6.45) is 0. The summed E-state index contributed by atoms with van der Waals surface area (Å²) in [7, 11) is 0. The Balaban J connectivity index is 1.99. The van der Waals surface area contributed by atoms with Gasteiger partial charge in [0.2, 0.25) is 0 Å². The van der Waals surface area contributed by atoms with Crippen molar-refractivity contribution in [1.29, 1.82) is 0 Å². The number of rotatable bonds is 2. The highest BCUT2D eigenvalue weighted by Gasteiger charge is 2.39. The van der Waals surface area contributed by atoms with Crippen LogP contribution in [0.25, 0.3) is 0 Å². The van der Waals surface area contributed by atoms with Gasteiger partial charge in [0, 0.05) is 10.8 Å². The van der Waals surface area contributed by atoms with Crippen molar-refractivity contribution >= 4 is 16.8 Å². The first kappa shape index (κ1) is 14.4. The maximum atomic E-state index is 5.06. The van der Waals surface area contributed by atoms with Gasteiger partial charge in [0.05, 0.1) is 11.1 Å². The van der Waals surface area contributed by atoms with Crippen LogP contribution in [0.1, 0.15) is 37.9 Å². The number of aliphatic imine (C=N–C) groups is 1. The molecule has 2 aromatic rings. The van der Waals surface area contributed by atoms with E-state index in [1.807, 2.05) is 11.8 Å². The molecular formula is C19H21NS. The van der Waals surface area contributed by atoms with E-state index in [1.165, 1.54) is 16.2 Å². The van der Waals surface area contributed by atoms with Crippen molar-refractivity contribution in [1.82, 2.24) is 0 Å². The summed E-state index contributed by atoms with van der Waals surface area (Å²) < 4.78 is 0. The monoisotopic (exact) mass is 295 g/mol. The summed E-state index contributed by atoms with van der Waals surface area (Å²) in [5.74, 6) is 0. The summed E-state index contributed by atoms with van der Waals surface area (Å²) in [6.45, 7) is 6.93. The fraction of sp³-hybridized carbons (Fsp3) is 0.316. The minimum atomic E-state index is 0.213. The lowest BCUT2D eigenvalue weighted by atomic mass is 9.85. The molecule has 2 aromatic carbocycles. The van der Waals surface area contributed by atoms with E-state index >= 15 is 0 Å². The van der Waals surface area contributed by atoms with Crippen molar-refractivity contribution < 1.29 is 0 Å². The highest BCUT2D eigenvalue weighted by atomic mass is 32.2. The van der Waals surface area contributed by atoms with Crippen LogP contribution in [0.2, 0.25) is 0 Å². The number of hydrogen-bond donors (Lipinski definition) is 0. The Morgan fingerprint density at radius 3 is 2.00 bits per heavy atom. The molecule has 0 aliphatic carbocycles. The fourth-order valence-electron chi connectivity index (χ4n) is 2.68. The Kier molecular flexibility index (Phi) is 3.90. The van der Waals surface area contributed by atoms with Crippen LogP contribution in [0.5, 0.6) is 0 Å². The van der Waals surface area contributed by atoms with Gasteiger partial charge in [-0.25, -0.2) is 0 Å². The molecule has 0 fully saturated rings. The molecule has 1 heterocycles. The Morgan fingerprint density at radius 1 is 0.857 bits per heavy atom. The molecule has 0 amide bonds. The highest BCUT2D eigenvalue weighted by molar-refractivity contribution is 8.15. The van der Waals surface area contributed by atoms with E-state index in [-0.39, 0.29) is 11.5 Å². The SMILES string of the molecule is CC(C)(C)C1SC(c2ccccc2)=NC1c1ccccc1. The molecule has 2 unspecified atom stereocenters. The Hall–Kier alpha value is -1.54. The minimum absolute atomic E-state index is 0.213. The van der Waals surface area contributed by atoms with Gasteiger partial charge < -0.3 is 0 Å². The standard InChI is InChI=1S/C19H21NS/c1-19(2,3)17-16(14-10-6-4-7-11-14)20-18(21-17)15-12-8-5-9-13-15/h4-13,16-17H,1-3H3. The number of hydrogen-bond acceptors (Lipinski definition) is 2. The Morgan fingerprint density at radius 2 is 1.43 bits per heavy atom. The molecule has 0 spiro atoms. The molecule has 0 saturated carbocycles. The van der Waals surface area contributed by atoms with Gasteiger partial charge in [-0.15, -0.1) is 0 Å². The molecule has 2 heteroatoms. The van der Waals surface area contributed by atoms with Gasteiger partial charge in [0.1, 0.15) is 0 Å². The molecule has 3 rings (SSSR count). The first-order valence-electron chi connectivity index (χ1n) is 7.40. The van der Waals surface area contributed by atoms with Gasteiger partial charge in [-0.2, -0.15) is 0 Å². The summed E-state index contributed by atoms with van der Waals surface area (Å²) in [4.78, 5) is 5.06. The van der Waals surface area contributed by atoms with E-state index in [0.29, 0.717) is 5.25 Å². The van der Waals surface area contributed by atoms with E-state index in [0.717, 1.165) is 0 Å². The topological polar surface area (TPSA) is 12.4 Å². The van der Waals surface area contributed by atoms with Gasteiger partial charge in [0.25, 0.3) is 0 Å². The quantitative estimate of drug-likeness (QED) is 0.729. The van der Waals surface area contributed by atoms with Crippen LogP contribution in [0, 0.1) is 5.41 Å². The normalized spacial score (nSPS) is 22.1. The smallest absolute Gasteiger partial charge is 0.0988 e. The summed E-state index contributed by atoms with van der Waals surface area (Å²) in [5.41, 5.74) is 2.76. The molecule has 0 bridgehead atoms. The third-order valence-corrected chi connectivity index (χ3v) is 5.58. The number of benzene rings is 2. The second-order valence-corrected chi connectivity index (χ2v) is 7.69. The zero-order chi connectivity index (χ0) is 14.9. The van der Waals surface area contributed by atoms with Crippen LogP contribution in [-0.4, -0.2) is 10.3 Å². The molecule has 0 aromatic heterocycles. The predicted octanol–water partition coefficient (Wildman–Crippen LogP) is 5.34. The van der Waals surface area contributed by atoms with Crippen molar-refractivity contribution in [2.24, 2.45) is 10.4 Å². The molecule has 21 heavy (non-hydrogen) atoms. The lowest BCUT2D eigenvalue weighted by molar-refractivity contribution is 0.363. The number of thioether (sulfide) groups is 1. The van der Waals surface area contributed by atoms with Crippen LogP contribution in [0.3, 0.4) is 0 Å². The first-order valence-corrected chi connectivity index (χ1v) is 8.28. The largest absolute Gasteiger partial charge is 0.269 e. The van der Waals surface area contributed by atoms with E-state index in [9.17, 15) is 0 Å². The molecule has 0 radical (unpaired) electrons. The molecule has 108 valence electrons. The van der Waals surface area contributed by atoms with Crippen molar-refractivity contribution in [3.63, 3.8) is 0 Å². The maximum Gasteiger partial charge on any atom is 0.0988 e. The molecule has 1 aliphatic rings. The Labute approximate surface area is 131 Å². The minimum Gasteiger partial charge on any atom is -0.269 e. The zero-order valence-corrected chi connectivity index (χ0v) is 13.6. The van der Waals surface area contributed by atoms with Gasteiger partial charge in [0.15, 0.2) is 0 Å². The van der Waals surface area contributed by atoms with Crippen LogP contribution in [0.4, 0.5) is 0 Å². The zero-order valence-electron chi connectivity index (χ0n) is 12.8. The molecule has 2 atom stereocenters. The lowest BCUT2D eigenvalue weighted by Crippen LogP contribution is -2.26. The van der Waals surface area contributed by atoms with Crippen molar-refractivity contribution in [2.45, 2.75) is 32.1 Å². The van der Waals surface area contributed by atoms with Crippen molar-refractivity contribution in [3.05, 3.63) is 71.8 Å². The van der Waals surface area contributed by atoms with E-state index < -0.39 is 0 Å². The molecular weight excluding hydrogens is 274 g/mol. The third kappa shape index (κ3) is 3.06. The van der Waals surface area contributed by atoms with Crippen LogP contribution < -0.4 is 0 Å². The third-order valence-electron chi connectivity index (χ3n) is 3.80. The average molecular weight is 295 g/mol. The van der Waals surface area contributed by atoms with Crippen molar-refractivity contribution in [3.8, 4) is 0 Å². The molecule has 0 saturated heterocycles. The Bertz CT molecular complexity index is 626. The van der Waals surface area contributed by atoms with Gasteiger partial charge >= 0.3 is 0 Å². The average Bonchev–Trinajstić information content (AvgIpc) is 2.94. The first-order chi connectivity index (χ1) is 10.1. The molecule has 0 N–H and O–H groups in total. The second-order valence-electron chi connectivity index (χ2n) is 6.56. The lowest BCUT2D eigenvalue weighted by Gasteiger charge is -2.30. The van der Waals surface area contributed by atoms with Crippen molar-refractivity contribution in [2.75, 3.05) is 0 Å².